The van der Waals surface area contributed by atoms with Gasteiger partial charge in [0.15, 0.2) is 0 Å². The summed E-state index contributed by atoms with van der Waals surface area (Å²) in [7, 11) is 0. The van der Waals surface area contributed by atoms with E-state index in [-0.39, 0.29) is 0 Å². The Labute approximate surface area is 127 Å². The molecule has 1 unspecified atom stereocenters. The third kappa shape index (κ3) is 4.58. The van der Waals surface area contributed by atoms with Crippen molar-refractivity contribution in [2.24, 2.45) is 0 Å². The molecular weight excluding hydrogens is 324 g/mol. The van der Waals surface area contributed by atoms with E-state index in [0.29, 0.717) is 18.4 Å². The topological polar surface area (TPSA) is 32.3 Å². The van der Waals surface area contributed by atoms with Gasteiger partial charge >= 0.3 is 0 Å². The standard InChI is InChI=1S/C14H21BrN2OS/c1-11(12-5-6-13(15)19-12)16-8-7-14(18)17-9-3-2-4-10-17/h5-6,11,16H,2-4,7-10H2,1H3. The van der Waals surface area contributed by atoms with Crippen molar-refractivity contribution in [3.63, 3.8) is 0 Å². The molecule has 1 aromatic heterocycles. The highest BCUT2D eigenvalue weighted by atomic mass is 79.9. The van der Waals surface area contributed by atoms with Crippen molar-refractivity contribution in [3.05, 3.63) is 20.8 Å². The molecule has 0 aromatic carbocycles. The van der Waals surface area contributed by atoms with Crippen LogP contribution in [0.1, 0.15) is 43.5 Å². The van der Waals surface area contributed by atoms with Crippen molar-refractivity contribution < 1.29 is 4.79 Å². The van der Waals surface area contributed by atoms with Gasteiger partial charge in [-0.3, -0.25) is 4.79 Å². The molecule has 1 amide bonds. The minimum atomic E-state index is 0.298. The number of nitrogens with zero attached hydrogens (tertiary/aromatic N) is 1. The first-order valence-corrected chi connectivity index (χ1v) is 8.54. The molecule has 19 heavy (non-hydrogen) atoms. The summed E-state index contributed by atoms with van der Waals surface area (Å²) in [4.78, 5) is 15.3. The second-order valence-electron chi connectivity index (χ2n) is 5.01. The van der Waals surface area contributed by atoms with Gasteiger partial charge in [0.1, 0.15) is 0 Å². The highest BCUT2D eigenvalue weighted by Gasteiger charge is 2.16. The van der Waals surface area contributed by atoms with Crippen molar-refractivity contribution >= 4 is 33.2 Å². The van der Waals surface area contributed by atoms with Gasteiger partial charge in [-0.1, -0.05) is 0 Å². The molecule has 1 aliphatic rings. The molecule has 1 aromatic rings. The second-order valence-corrected chi connectivity index (χ2v) is 7.50. The van der Waals surface area contributed by atoms with E-state index in [1.165, 1.54) is 24.1 Å². The van der Waals surface area contributed by atoms with Crippen molar-refractivity contribution in [1.82, 2.24) is 10.2 Å². The lowest BCUT2D eigenvalue weighted by molar-refractivity contribution is -0.131. The van der Waals surface area contributed by atoms with Crippen LogP contribution in [0.15, 0.2) is 15.9 Å². The number of thiophene rings is 1. The van der Waals surface area contributed by atoms with Crippen LogP contribution >= 0.6 is 27.3 Å². The zero-order valence-electron chi connectivity index (χ0n) is 11.3. The highest BCUT2D eigenvalue weighted by molar-refractivity contribution is 9.11. The zero-order chi connectivity index (χ0) is 13.7. The molecule has 0 spiro atoms. The van der Waals surface area contributed by atoms with E-state index in [0.717, 1.165) is 23.4 Å². The molecule has 2 rings (SSSR count). The van der Waals surface area contributed by atoms with E-state index in [1.54, 1.807) is 11.3 Å². The SMILES string of the molecule is CC(NCCC(=O)N1CCCCC1)c1ccc(Br)s1. The van der Waals surface area contributed by atoms with Crippen LogP contribution < -0.4 is 5.32 Å². The van der Waals surface area contributed by atoms with Crippen LogP contribution in [-0.4, -0.2) is 30.4 Å². The summed E-state index contributed by atoms with van der Waals surface area (Å²) in [6, 6.07) is 4.50. The summed E-state index contributed by atoms with van der Waals surface area (Å²) in [6.45, 7) is 4.80. The average molecular weight is 345 g/mol. The molecule has 5 heteroatoms. The maximum Gasteiger partial charge on any atom is 0.223 e. The summed E-state index contributed by atoms with van der Waals surface area (Å²) in [5, 5.41) is 3.42. The largest absolute Gasteiger partial charge is 0.343 e. The smallest absolute Gasteiger partial charge is 0.223 e. The van der Waals surface area contributed by atoms with Crippen LogP contribution in [0.4, 0.5) is 0 Å². The van der Waals surface area contributed by atoms with E-state index >= 15 is 0 Å². The molecule has 0 saturated carbocycles. The lowest BCUT2D eigenvalue weighted by Gasteiger charge is -2.27. The van der Waals surface area contributed by atoms with Crippen LogP contribution in [-0.2, 0) is 4.79 Å². The van der Waals surface area contributed by atoms with Gasteiger partial charge in [-0.05, 0) is 54.2 Å². The monoisotopic (exact) mass is 344 g/mol. The summed E-state index contributed by atoms with van der Waals surface area (Å²) >= 11 is 5.22. The number of halogens is 1. The Morgan fingerprint density at radius 2 is 2.16 bits per heavy atom. The fourth-order valence-corrected chi connectivity index (χ4v) is 3.81. The van der Waals surface area contributed by atoms with Crippen molar-refractivity contribution in [1.29, 1.82) is 0 Å². The average Bonchev–Trinajstić information content (AvgIpc) is 2.86. The first kappa shape index (κ1) is 15.0. The van der Waals surface area contributed by atoms with Gasteiger partial charge in [-0.25, -0.2) is 0 Å². The summed E-state index contributed by atoms with van der Waals surface area (Å²) in [6.07, 6.45) is 4.21. The number of hydrogen-bond donors (Lipinski definition) is 1. The second kappa shape index (κ2) is 7.41. The van der Waals surface area contributed by atoms with Crippen LogP contribution in [0, 0.1) is 0 Å². The molecule has 1 saturated heterocycles. The molecule has 1 fully saturated rings. The Morgan fingerprint density at radius 1 is 1.42 bits per heavy atom. The molecule has 1 aliphatic heterocycles. The van der Waals surface area contributed by atoms with Crippen molar-refractivity contribution in [3.8, 4) is 0 Å². The normalized spacial score (nSPS) is 17.5. The van der Waals surface area contributed by atoms with Crippen molar-refractivity contribution in [2.45, 2.75) is 38.6 Å². The van der Waals surface area contributed by atoms with Gasteiger partial charge in [-0.2, -0.15) is 0 Å². The number of likely N-dealkylation sites (tertiary alicyclic amines) is 1. The quantitative estimate of drug-likeness (QED) is 0.885. The first-order valence-electron chi connectivity index (χ1n) is 6.93. The lowest BCUT2D eigenvalue weighted by Crippen LogP contribution is -2.37. The van der Waals surface area contributed by atoms with E-state index in [1.807, 2.05) is 4.90 Å². The summed E-state index contributed by atoms with van der Waals surface area (Å²) in [5.74, 6) is 0.298. The van der Waals surface area contributed by atoms with Crippen LogP contribution in [0.5, 0.6) is 0 Å². The fraction of sp³-hybridized carbons (Fsp3) is 0.643. The minimum absolute atomic E-state index is 0.298. The van der Waals surface area contributed by atoms with Crippen molar-refractivity contribution in [2.75, 3.05) is 19.6 Å². The maximum absolute atomic E-state index is 12.0. The van der Waals surface area contributed by atoms with E-state index < -0.39 is 0 Å². The van der Waals surface area contributed by atoms with E-state index in [2.05, 4.69) is 40.3 Å². The number of rotatable bonds is 5. The Balaban J connectivity index is 1.69. The Bertz CT molecular complexity index is 415. The van der Waals surface area contributed by atoms with E-state index in [4.69, 9.17) is 0 Å². The Morgan fingerprint density at radius 3 is 2.79 bits per heavy atom. The van der Waals surface area contributed by atoms with Gasteiger partial charge in [0.05, 0.1) is 3.79 Å². The molecule has 0 radical (unpaired) electrons. The van der Waals surface area contributed by atoms with Gasteiger partial charge in [0.2, 0.25) is 5.91 Å². The summed E-state index contributed by atoms with van der Waals surface area (Å²) in [5.41, 5.74) is 0. The third-order valence-electron chi connectivity index (χ3n) is 3.52. The van der Waals surface area contributed by atoms with Crippen LogP contribution in [0.2, 0.25) is 0 Å². The number of piperidine rings is 1. The molecule has 0 aliphatic carbocycles. The molecule has 1 N–H and O–H groups in total. The maximum atomic E-state index is 12.0. The molecule has 0 bridgehead atoms. The number of carbonyl (C=O) groups is 1. The molecule has 106 valence electrons. The predicted octanol–water partition coefficient (Wildman–Crippen LogP) is 3.56. The van der Waals surface area contributed by atoms with Gasteiger partial charge in [0, 0.05) is 37.0 Å². The minimum Gasteiger partial charge on any atom is -0.343 e. The predicted molar refractivity (Wildman–Crippen MR) is 83.5 cm³/mol. The Kier molecular flexibility index (Phi) is 5.85. The molecular formula is C14H21BrN2OS. The molecule has 1 atom stereocenters. The van der Waals surface area contributed by atoms with Crippen LogP contribution in [0.3, 0.4) is 0 Å². The van der Waals surface area contributed by atoms with Crippen LogP contribution in [0.25, 0.3) is 0 Å². The molecule has 3 nitrogen and oxygen atoms in total. The van der Waals surface area contributed by atoms with Gasteiger partial charge < -0.3 is 10.2 Å². The lowest BCUT2D eigenvalue weighted by atomic mass is 10.1. The molecule has 2 heterocycles. The number of nitrogens with one attached hydrogen (secondary N) is 1. The number of carbonyl (C=O) groups excluding carboxylic acids is 1. The third-order valence-corrected chi connectivity index (χ3v) is 5.33. The van der Waals surface area contributed by atoms with Gasteiger partial charge in [0.25, 0.3) is 0 Å². The summed E-state index contributed by atoms with van der Waals surface area (Å²) < 4.78 is 1.15. The van der Waals surface area contributed by atoms with Gasteiger partial charge in [-0.15, -0.1) is 11.3 Å². The zero-order valence-corrected chi connectivity index (χ0v) is 13.7. The first-order chi connectivity index (χ1) is 9.16. The number of amides is 1. The Hall–Kier alpha value is -0.390. The highest BCUT2D eigenvalue weighted by Crippen LogP contribution is 2.26. The number of hydrogen-bond acceptors (Lipinski definition) is 3. The van der Waals surface area contributed by atoms with E-state index in [9.17, 15) is 4.79 Å². The fourth-order valence-electron chi connectivity index (χ4n) is 2.36.